The van der Waals surface area contributed by atoms with E-state index in [2.05, 4.69) is 51.1 Å². The van der Waals surface area contributed by atoms with Gasteiger partial charge in [0.15, 0.2) is 0 Å². The van der Waals surface area contributed by atoms with Gasteiger partial charge in [-0.25, -0.2) is 0 Å². The molecule has 0 aromatic carbocycles. The zero-order valence-electron chi connectivity index (χ0n) is 21.8. The van der Waals surface area contributed by atoms with Crippen LogP contribution in [0.2, 0.25) is 0 Å². The van der Waals surface area contributed by atoms with Crippen molar-refractivity contribution >= 4 is 0 Å². The fraction of sp³-hybridized carbons (Fsp3) is 0.857. The number of nitrogens with zero attached hydrogens (tertiary/aromatic N) is 2. The fourth-order valence-corrected chi connectivity index (χ4v) is 4.07. The molecule has 0 saturated heterocycles. The van der Waals surface area contributed by atoms with E-state index in [4.69, 9.17) is 4.74 Å². The van der Waals surface area contributed by atoms with Gasteiger partial charge in [-0.3, -0.25) is 0 Å². The van der Waals surface area contributed by atoms with Crippen molar-refractivity contribution < 1.29 is 4.74 Å². The van der Waals surface area contributed by atoms with E-state index in [0.717, 1.165) is 13.2 Å². The number of hydrogen-bond donors (Lipinski definition) is 0. The van der Waals surface area contributed by atoms with Crippen LogP contribution in [0.3, 0.4) is 0 Å². The van der Waals surface area contributed by atoms with Crippen molar-refractivity contribution in [2.24, 2.45) is 0 Å². The molecule has 0 aromatic heterocycles. The Morgan fingerprint density at radius 2 is 0.871 bits per heavy atom. The van der Waals surface area contributed by atoms with E-state index >= 15 is 0 Å². The molecule has 0 aliphatic rings. The first-order valence-electron chi connectivity index (χ1n) is 13.1. The molecule has 0 saturated carbocycles. The number of unbranched alkanes of at least 4 members (excludes halogenated alkanes) is 12. The maximum absolute atomic E-state index is 6.22. The van der Waals surface area contributed by atoms with Crippen molar-refractivity contribution in [2.75, 3.05) is 41.4 Å². The first-order valence-corrected chi connectivity index (χ1v) is 13.1. The number of ether oxygens (including phenoxy) is 1. The summed E-state index contributed by atoms with van der Waals surface area (Å²) in [5.74, 6) is 0. The first-order chi connectivity index (χ1) is 15.0. The molecule has 0 aliphatic carbocycles. The summed E-state index contributed by atoms with van der Waals surface area (Å²) in [6.07, 6.45) is 25.1. The van der Waals surface area contributed by atoms with E-state index < -0.39 is 0 Å². The van der Waals surface area contributed by atoms with Crippen LogP contribution >= 0.6 is 0 Å². The zero-order chi connectivity index (χ0) is 23.2. The van der Waals surface area contributed by atoms with Crippen molar-refractivity contribution in [2.45, 2.75) is 115 Å². The second-order valence-corrected chi connectivity index (χ2v) is 9.75. The predicted octanol–water partition coefficient (Wildman–Crippen LogP) is 7.48. The Hall–Kier alpha value is -0.640. The van der Waals surface area contributed by atoms with Crippen LogP contribution in [0.15, 0.2) is 25.3 Å². The smallest absolute Gasteiger partial charge is 0.0622 e. The van der Waals surface area contributed by atoms with Crippen LogP contribution in [0, 0.1) is 0 Å². The summed E-state index contributed by atoms with van der Waals surface area (Å²) >= 11 is 0. The molecule has 0 fully saturated rings. The van der Waals surface area contributed by atoms with Gasteiger partial charge in [0.25, 0.3) is 0 Å². The number of allylic oxidation sites excluding steroid dienone is 2. The highest BCUT2D eigenvalue weighted by Gasteiger charge is 2.15. The van der Waals surface area contributed by atoms with E-state index in [1.54, 1.807) is 0 Å². The van der Waals surface area contributed by atoms with Gasteiger partial charge in [0, 0.05) is 12.1 Å². The molecular weight excluding hydrogens is 380 g/mol. The molecule has 0 bridgehead atoms. The molecule has 0 spiro atoms. The van der Waals surface area contributed by atoms with Gasteiger partial charge in [0.2, 0.25) is 0 Å². The minimum atomic E-state index is 0.541. The minimum Gasteiger partial charge on any atom is -0.378 e. The van der Waals surface area contributed by atoms with Crippen molar-refractivity contribution in [1.82, 2.24) is 9.80 Å². The van der Waals surface area contributed by atoms with E-state index in [0.29, 0.717) is 12.1 Å². The van der Waals surface area contributed by atoms with Gasteiger partial charge in [0.05, 0.1) is 13.2 Å². The second kappa shape index (κ2) is 22.6. The molecule has 0 heterocycles. The molecule has 2 atom stereocenters. The number of hydrogen-bond acceptors (Lipinski definition) is 3. The summed E-state index contributed by atoms with van der Waals surface area (Å²) in [6.45, 7) is 9.32. The maximum Gasteiger partial charge on any atom is 0.0622 e. The Morgan fingerprint density at radius 1 is 0.548 bits per heavy atom. The highest BCUT2D eigenvalue weighted by atomic mass is 16.5. The zero-order valence-corrected chi connectivity index (χ0v) is 21.8. The third-order valence-electron chi connectivity index (χ3n) is 6.47. The molecule has 0 aliphatic heterocycles. The van der Waals surface area contributed by atoms with Crippen molar-refractivity contribution in [1.29, 1.82) is 0 Å². The molecule has 0 rings (SSSR count). The van der Waals surface area contributed by atoms with E-state index in [1.807, 2.05) is 12.2 Å². The van der Waals surface area contributed by atoms with Gasteiger partial charge in [-0.2, -0.15) is 0 Å². The Kier molecular flexibility index (Phi) is 22.1. The number of rotatable bonds is 24. The monoisotopic (exact) mass is 436 g/mol. The number of likely N-dealkylation sites (N-methyl/N-ethyl adjacent to an activating group) is 2. The van der Waals surface area contributed by atoms with Gasteiger partial charge < -0.3 is 14.5 Å². The van der Waals surface area contributed by atoms with Crippen molar-refractivity contribution in [3.8, 4) is 0 Å². The molecular formula is C28H56N2O. The molecule has 3 heteroatoms. The quantitative estimate of drug-likeness (QED) is 0.115. The van der Waals surface area contributed by atoms with Crippen LogP contribution < -0.4 is 0 Å². The third kappa shape index (κ3) is 19.7. The molecule has 3 nitrogen and oxygen atoms in total. The average molecular weight is 437 g/mol. The van der Waals surface area contributed by atoms with Gasteiger partial charge in [-0.15, -0.1) is 13.2 Å². The molecule has 0 radical (unpaired) electrons. The SMILES string of the molecule is C=CCCCCCCCCC(COCC(CCCCCCCCC=C)N(C)C)N(C)C. The average Bonchev–Trinajstić information content (AvgIpc) is 2.74. The van der Waals surface area contributed by atoms with Gasteiger partial charge in [0.1, 0.15) is 0 Å². The molecule has 31 heavy (non-hydrogen) atoms. The molecule has 0 amide bonds. The predicted molar refractivity (Wildman–Crippen MR) is 140 cm³/mol. The normalized spacial score (nSPS) is 13.6. The first kappa shape index (κ1) is 30.4. The van der Waals surface area contributed by atoms with Gasteiger partial charge >= 0.3 is 0 Å². The third-order valence-corrected chi connectivity index (χ3v) is 6.47. The van der Waals surface area contributed by atoms with Crippen molar-refractivity contribution in [3.63, 3.8) is 0 Å². The van der Waals surface area contributed by atoms with Gasteiger partial charge in [-0.1, -0.05) is 76.4 Å². The summed E-state index contributed by atoms with van der Waals surface area (Å²) < 4.78 is 6.22. The summed E-state index contributed by atoms with van der Waals surface area (Å²) in [4.78, 5) is 4.70. The van der Waals surface area contributed by atoms with Crippen LogP contribution in [-0.4, -0.2) is 63.3 Å². The lowest BCUT2D eigenvalue weighted by atomic mass is 10.0. The lowest BCUT2D eigenvalue weighted by Gasteiger charge is -2.28. The van der Waals surface area contributed by atoms with E-state index in [-0.39, 0.29) is 0 Å². The fourth-order valence-electron chi connectivity index (χ4n) is 4.07. The van der Waals surface area contributed by atoms with Crippen molar-refractivity contribution in [3.05, 3.63) is 25.3 Å². The minimum absolute atomic E-state index is 0.541. The highest BCUT2D eigenvalue weighted by molar-refractivity contribution is 4.70. The Labute approximate surface area is 196 Å². The van der Waals surface area contributed by atoms with Crippen LogP contribution in [-0.2, 0) is 4.74 Å². The van der Waals surface area contributed by atoms with Crippen LogP contribution in [0.1, 0.15) is 103 Å². The Morgan fingerprint density at radius 3 is 1.19 bits per heavy atom. The van der Waals surface area contributed by atoms with Crippen LogP contribution in [0.25, 0.3) is 0 Å². The summed E-state index contributed by atoms with van der Waals surface area (Å²) in [5.41, 5.74) is 0. The topological polar surface area (TPSA) is 15.7 Å². The Bertz CT molecular complexity index is 358. The molecule has 0 N–H and O–H groups in total. The molecule has 0 aromatic rings. The maximum atomic E-state index is 6.22. The van der Waals surface area contributed by atoms with E-state index in [9.17, 15) is 0 Å². The Balaban J connectivity index is 3.91. The second-order valence-electron chi connectivity index (χ2n) is 9.75. The van der Waals surface area contributed by atoms with Crippen LogP contribution in [0.5, 0.6) is 0 Å². The lowest BCUT2D eigenvalue weighted by Crippen LogP contribution is -2.37. The van der Waals surface area contributed by atoms with Gasteiger partial charge in [-0.05, 0) is 66.7 Å². The van der Waals surface area contributed by atoms with Crippen LogP contribution in [0.4, 0.5) is 0 Å². The lowest BCUT2D eigenvalue weighted by molar-refractivity contribution is 0.0388. The summed E-state index contributed by atoms with van der Waals surface area (Å²) in [6, 6.07) is 1.08. The van der Waals surface area contributed by atoms with E-state index in [1.165, 1.54) is 103 Å². The molecule has 2 unspecified atom stereocenters. The summed E-state index contributed by atoms with van der Waals surface area (Å²) in [7, 11) is 8.78. The largest absolute Gasteiger partial charge is 0.378 e. The highest BCUT2D eigenvalue weighted by Crippen LogP contribution is 2.14. The summed E-state index contributed by atoms with van der Waals surface area (Å²) in [5, 5.41) is 0. The standard InChI is InChI=1S/C28H56N2O/c1-7-9-11-13-15-17-19-21-23-27(29(3)4)25-31-26-28(30(5)6)24-22-20-18-16-14-12-10-8-2/h7-8,27-28H,1-2,9-26H2,3-6H3. The molecule has 184 valence electrons.